The van der Waals surface area contributed by atoms with Crippen molar-refractivity contribution >= 4 is 0 Å². The number of hydrogen-bond donors (Lipinski definition) is 3. The molecular formula is C15H29CuN5O6. The second-order valence-corrected chi connectivity index (χ2v) is 7.12. The number of rotatable bonds is 1. The summed E-state index contributed by atoms with van der Waals surface area (Å²) in [7, 11) is 0. The third-order valence-corrected chi connectivity index (χ3v) is 5.33. The topological polar surface area (TPSA) is 181 Å². The number of piperidine rings is 2. The van der Waals surface area contributed by atoms with Crippen molar-refractivity contribution in [2.24, 2.45) is 17.6 Å². The van der Waals surface area contributed by atoms with Crippen LogP contribution < -0.4 is 5.73 Å². The van der Waals surface area contributed by atoms with E-state index in [1.165, 1.54) is 51.4 Å². The van der Waals surface area contributed by atoms with Gasteiger partial charge < -0.3 is 26.8 Å². The van der Waals surface area contributed by atoms with E-state index in [4.69, 9.17) is 47.0 Å². The van der Waals surface area contributed by atoms with E-state index in [0.29, 0.717) is 24.0 Å². The maximum Gasteiger partial charge on any atom is 2.00 e. The number of nitrogens with two attached hydrogens (primary N) is 1. The summed E-state index contributed by atoms with van der Waals surface area (Å²) in [6, 6.07) is 1.45. The van der Waals surface area contributed by atoms with Crippen molar-refractivity contribution in [3.05, 3.63) is 30.9 Å². The molecular weight excluding hydrogens is 410 g/mol. The van der Waals surface area contributed by atoms with E-state index in [0.717, 1.165) is 5.92 Å². The van der Waals surface area contributed by atoms with Crippen LogP contribution in [0, 0.1) is 32.1 Å². The molecule has 0 aromatic heterocycles. The van der Waals surface area contributed by atoms with Crippen LogP contribution in [0.3, 0.4) is 0 Å². The van der Waals surface area contributed by atoms with Gasteiger partial charge in [0.25, 0.3) is 10.2 Å². The molecule has 0 bridgehead atoms. The molecule has 2 saturated heterocycles. The third-order valence-electron chi connectivity index (χ3n) is 5.33. The van der Waals surface area contributed by atoms with Gasteiger partial charge >= 0.3 is 17.1 Å². The van der Waals surface area contributed by atoms with E-state index in [-0.39, 0.29) is 23.2 Å². The van der Waals surface area contributed by atoms with Gasteiger partial charge in [-0.1, -0.05) is 64.5 Å². The molecule has 3 aliphatic rings. The molecule has 2 heterocycles. The molecule has 1 radical (unpaired) electrons. The van der Waals surface area contributed by atoms with E-state index in [1.54, 1.807) is 0 Å². The summed E-state index contributed by atoms with van der Waals surface area (Å²) in [6.07, 6.45) is 10.6. The summed E-state index contributed by atoms with van der Waals surface area (Å²) in [6.45, 7) is 2.25. The zero-order chi connectivity index (χ0) is 19.7. The van der Waals surface area contributed by atoms with E-state index in [1.807, 2.05) is 0 Å². The largest absolute Gasteiger partial charge is 2.00 e. The molecule has 4 N–H and O–H groups in total. The molecule has 27 heavy (non-hydrogen) atoms. The molecule has 161 valence electrons. The fourth-order valence-electron chi connectivity index (χ4n) is 4.33. The molecule has 1 aliphatic carbocycles. The van der Waals surface area contributed by atoms with Gasteiger partial charge in [0.05, 0.1) is 0 Å². The quantitative estimate of drug-likeness (QED) is 0.319. The van der Waals surface area contributed by atoms with Crippen molar-refractivity contribution in [2.45, 2.75) is 82.6 Å². The Bertz CT molecular complexity index is 440. The van der Waals surface area contributed by atoms with Crippen molar-refractivity contribution < 1.29 is 37.7 Å². The predicted molar refractivity (Wildman–Crippen MR) is 93.2 cm³/mol. The van der Waals surface area contributed by atoms with Crippen LogP contribution in [0.2, 0.25) is 0 Å². The zero-order valence-electron chi connectivity index (χ0n) is 15.3. The van der Waals surface area contributed by atoms with Crippen LogP contribution in [0.5, 0.6) is 0 Å². The molecule has 6 unspecified atom stereocenters. The maximum atomic E-state index is 8.36. The Balaban J connectivity index is 0.000000646. The second kappa shape index (κ2) is 13.1. The first-order valence-electron chi connectivity index (χ1n) is 9.02. The Labute approximate surface area is 169 Å². The molecule has 0 aromatic rings. The third kappa shape index (κ3) is 10.1. The average Bonchev–Trinajstić information content (AvgIpc) is 2.54. The molecule has 0 spiro atoms. The molecule has 6 atom stereocenters. The van der Waals surface area contributed by atoms with Crippen molar-refractivity contribution in [2.75, 3.05) is 0 Å². The SMILES string of the molecule is CC1CCCC(C2CC3CCCCC3C(N)[N-]2)[N-]1.O=[N+]([O-])O.O=[N+]([O-])O.[Cu+2]. The van der Waals surface area contributed by atoms with Gasteiger partial charge in [0.2, 0.25) is 0 Å². The van der Waals surface area contributed by atoms with Crippen LogP contribution in [0.25, 0.3) is 10.6 Å². The number of nitrogens with zero attached hydrogens (tertiary/aromatic N) is 4. The molecule has 1 saturated carbocycles. The fourth-order valence-corrected chi connectivity index (χ4v) is 4.33. The molecule has 0 amide bonds. The van der Waals surface area contributed by atoms with Crippen LogP contribution in [0.1, 0.15) is 58.3 Å². The van der Waals surface area contributed by atoms with Gasteiger partial charge in [0.1, 0.15) is 0 Å². The number of fused-ring (bicyclic) bond motifs is 1. The maximum absolute atomic E-state index is 8.36. The van der Waals surface area contributed by atoms with Crippen LogP contribution in [-0.2, 0) is 17.1 Å². The Hall–Kier alpha value is -1.20. The van der Waals surface area contributed by atoms with E-state index < -0.39 is 10.2 Å². The standard InChI is InChI=1S/C15H27N3.Cu.2HNO3/c1-10-5-4-8-13(17-10)14-9-11-6-2-3-7-12(11)15(16)18-14;;2*2-1(3)4/h10-15H,2-9,16H2,1H3;;2*(H,2,3,4)/q-2;+2;;. The Morgan fingerprint density at radius 3 is 2.04 bits per heavy atom. The first-order chi connectivity index (χ1) is 12.2. The summed E-state index contributed by atoms with van der Waals surface area (Å²) < 4.78 is 0. The minimum absolute atomic E-state index is 0. The van der Waals surface area contributed by atoms with Crippen LogP contribution in [0.15, 0.2) is 0 Å². The predicted octanol–water partition coefficient (Wildman–Crippen LogP) is 2.84. The summed E-state index contributed by atoms with van der Waals surface area (Å²) in [4.78, 5) is 16.7. The van der Waals surface area contributed by atoms with E-state index in [9.17, 15) is 0 Å². The number of hydrogen-bond acceptors (Lipinski definition) is 5. The monoisotopic (exact) mass is 438 g/mol. The molecule has 3 fully saturated rings. The van der Waals surface area contributed by atoms with Crippen LogP contribution in [-0.4, -0.2) is 44.9 Å². The van der Waals surface area contributed by atoms with Crippen LogP contribution >= 0.6 is 0 Å². The summed E-state index contributed by atoms with van der Waals surface area (Å²) in [5.41, 5.74) is 6.31. The molecule has 12 heteroatoms. The van der Waals surface area contributed by atoms with Crippen molar-refractivity contribution in [1.82, 2.24) is 0 Å². The smallest absolute Gasteiger partial charge is 0.658 e. The zero-order valence-corrected chi connectivity index (χ0v) is 16.3. The normalized spacial score (nSPS) is 34.9. The average molecular weight is 439 g/mol. The summed E-state index contributed by atoms with van der Waals surface area (Å²) >= 11 is 0. The van der Waals surface area contributed by atoms with Crippen molar-refractivity contribution in [1.29, 1.82) is 0 Å². The first kappa shape index (κ1) is 25.8. The van der Waals surface area contributed by atoms with E-state index in [2.05, 4.69) is 6.92 Å². The minimum Gasteiger partial charge on any atom is -0.658 e. The molecule has 0 aromatic carbocycles. The van der Waals surface area contributed by atoms with Gasteiger partial charge in [-0.05, 0) is 11.8 Å². The Morgan fingerprint density at radius 2 is 1.48 bits per heavy atom. The van der Waals surface area contributed by atoms with Gasteiger partial charge in [0.15, 0.2) is 0 Å². The Morgan fingerprint density at radius 1 is 0.926 bits per heavy atom. The summed E-state index contributed by atoms with van der Waals surface area (Å²) in [5, 5.41) is 37.1. The van der Waals surface area contributed by atoms with E-state index >= 15 is 0 Å². The van der Waals surface area contributed by atoms with Gasteiger partial charge in [-0.2, -0.15) is 12.1 Å². The van der Waals surface area contributed by atoms with Crippen molar-refractivity contribution in [3.63, 3.8) is 0 Å². The molecule has 11 nitrogen and oxygen atoms in total. The van der Waals surface area contributed by atoms with Gasteiger partial charge in [-0.15, -0.1) is 26.3 Å². The van der Waals surface area contributed by atoms with Crippen molar-refractivity contribution in [3.8, 4) is 0 Å². The fraction of sp³-hybridized carbons (Fsp3) is 1.00. The Kier molecular flexibility index (Phi) is 12.5. The summed E-state index contributed by atoms with van der Waals surface area (Å²) in [5.74, 6) is 1.51. The minimum atomic E-state index is -1.50. The van der Waals surface area contributed by atoms with Gasteiger partial charge in [-0.3, -0.25) is 0 Å². The van der Waals surface area contributed by atoms with Crippen LogP contribution in [0.4, 0.5) is 0 Å². The first-order valence-corrected chi connectivity index (χ1v) is 9.02. The molecule has 3 rings (SSSR count). The van der Waals surface area contributed by atoms with Gasteiger partial charge in [-0.25, -0.2) is 0 Å². The second-order valence-electron chi connectivity index (χ2n) is 7.12. The van der Waals surface area contributed by atoms with Gasteiger partial charge in [0, 0.05) is 0 Å². The molecule has 2 aliphatic heterocycles.